The molecule has 2 aromatic carbocycles. The third-order valence-corrected chi connectivity index (χ3v) is 5.44. The molecule has 10 heteroatoms. The van der Waals surface area contributed by atoms with Crippen molar-refractivity contribution in [2.75, 3.05) is 5.75 Å². The van der Waals surface area contributed by atoms with Gasteiger partial charge in [0.2, 0.25) is 0 Å². The first-order valence-corrected chi connectivity index (χ1v) is 10.8. The summed E-state index contributed by atoms with van der Waals surface area (Å²) in [6.45, 7) is 0. The molecule has 0 saturated carbocycles. The van der Waals surface area contributed by atoms with Gasteiger partial charge in [-0.05, 0) is 54.1 Å². The number of carbonyl (C=O) groups is 1. The number of carbonyl (C=O) groups excluding carboxylic acids is 1. The van der Waals surface area contributed by atoms with Gasteiger partial charge in [0, 0.05) is 28.7 Å². The number of nitrogens with zero attached hydrogens (tertiary/aromatic N) is 5. The van der Waals surface area contributed by atoms with Crippen LogP contribution in [-0.2, 0) is 4.79 Å². The van der Waals surface area contributed by atoms with Gasteiger partial charge >= 0.3 is 0 Å². The van der Waals surface area contributed by atoms with E-state index in [4.69, 9.17) is 11.6 Å². The van der Waals surface area contributed by atoms with Crippen LogP contribution in [0.5, 0.6) is 5.75 Å². The number of phenols is 1. The van der Waals surface area contributed by atoms with Crippen LogP contribution >= 0.6 is 23.4 Å². The molecule has 8 nitrogen and oxygen atoms in total. The number of phenolic OH excluding ortho intramolecular Hbond substituents is 1. The smallest absolute Gasteiger partial charge is 0.250 e. The molecule has 4 aromatic rings. The number of rotatable bonds is 7. The number of thioether (sulfide) groups is 1. The van der Waals surface area contributed by atoms with Crippen molar-refractivity contribution in [3.8, 4) is 22.8 Å². The lowest BCUT2D eigenvalue weighted by atomic mass is 10.2. The zero-order valence-electron chi connectivity index (χ0n) is 16.6. The zero-order valence-corrected chi connectivity index (χ0v) is 18.2. The van der Waals surface area contributed by atoms with Crippen molar-refractivity contribution in [2.45, 2.75) is 5.16 Å². The van der Waals surface area contributed by atoms with E-state index in [0.29, 0.717) is 21.6 Å². The molecule has 0 fully saturated rings. The maximum Gasteiger partial charge on any atom is 0.250 e. The Bertz CT molecular complexity index is 1250. The van der Waals surface area contributed by atoms with Crippen LogP contribution in [0.4, 0.5) is 0 Å². The standard InChI is InChI=1S/C22H17ClN6O2S/c23-17-4-6-18(7-5-17)29-21(16-8-10-24-11-9-16)27-28-22(29)32-14-20(31)26-25-13-15-2-1-3-19(30)12-15/h1-13,30H,14H2,(H,26,31)/b25-13+. The molecule has 0 atom stereocenters. The maximum atomic E-state index is 12.3. The van der Waals surface area contributed by atoms with Crippen LogP contribution in [0.3, 0.4) is 0 Å². The van der Waals surface area contributed by atoms with Crippen molar-refractivity contribution in [3.05, 3.63) is 83.6 Å². The van der Waals surface area contributed by atoms with E-state index in [1.54, 1.807) is 48.8 Å². The van der Waals surface area contributed by atoms with Gasteiger partial charge in [0.15, 0.2) is 11.0 Å². The van der Waals surface area contributed by atoms with E-state index in [1.165, 1.54) is 18.0 Å². The van der Waals surface area contributed by atoms with Crippen LogP contribution in [0.2, 0.25) is 5.02 Å². The predicted molar refractivity (Wildman–Crippen MR) is 124 cm³/mol. The molecule has 0 saturated heterocycles. The van der Waals surface area contributed by atoms with Gasteiger partial charge in [-0.15, -0.1) is 10.2 Å². The molecule has 2 aromatic heterocycles. The summed E-state index contributed by atoms with van der Waals surface area (Å²) in [7, 11) is 0. The minimum absolute atomic E-state index is 0.0828. The minimum Gasteiger partial charge on any atom is -0.508 e. The molecule has 0 aliphatic heterocycles. The fraction of sp³-hybridized carbons (Fsp3) is 0.0455. The Morgan fingerprint density at radius 2 is 1.91 bits per heavy atom. The number of pyridine rings is 1. The molecular weight excluding hydrogens is 448 g/mol. The minimum atomic E-state index is -0.303. The fourth-order valence-electron chi connectivity index (χ4n) is 2.82. The normalized spacial score (nSPS) is 11.0. The van der Waals surface area contributed by atoms with Gasteiger partial charge in [0.25, 0.3) is 5.91 Å². The van der Waals surface area contributed by atoms with Gasteiger partial charge in [-0.1, -0.05) is 35.5 Å². The fourth-order valence-corrected chi connectivity index (χ4v) is 3.69. The second-order valence-corrected chi connectivity index (χ2v) is 7.91. The summed E-state index contributed by atoms with van der Waals surface area (Å²) in [6.07, 6.45) is 4.82. The SMILES string of the molecule is O=C(CSc1nnc(-c2ccncc2)n1-c1ccc(Cl)cc1)N/N=C/c1cccc(O)c1. The summed E-state index contributed by atoms with van der Waals surface area (Å²) in [5.41, 5.74) is 4.80. The highest BCUT2D eigenvalue weighted by molar-refractivity contribution is 7.99. The van der Waals surface area contributed by atoms with E-state index in [0.717, 1.165) is 11.3 Å². The molecular formula is C22H17ClN6O2S. The van der Waals surface area contributed by atoms with Crippen molar-refractivity contribution < 1.29 is 9.90 Å². The molecule has 0 aliphatic rings. The molecule has 0 bridgehead atoms. The van der Waals surface area contributed by atoms with Crippen LogP contribution in [0.1, 0.15) is 5.56 Å². The van der Waals surface area contributed by atoms with Crippen molar-refractivity contribution in [1.29, 1.82) is 0 Å². The van der Waals surface area contributed by atoms with Crippen molar-refractivity contribution >= 4 is 35.5 Å². The molecule has 160 valence electrons. The molecule has 0 unspecified atom stereocenters. The first-order valence-electron chi connectivity index (χ1n) is 9.45. The monoisotopic (exact) mass is 464 g/mol. The summed E-state index contributed by atoms with van der Waals surface area (Å²) in [4.78, 5) is 16.3. The first kappa shape index (κ1) is 21.5. The average Bonchev–Trinajstić information content (AvgIpc) is 3.23. The van der Waals surface area contributed by atoms with E-state index in [1.807, 2.05) is 28.8 Å². The van der Waals surface area contributed by atoms with Gasteiger partial charge < -0.3 is 5.11 Å². The molecule has 4 rings (SSSR count). The zero-order chi connectivity index (χ0) is 22.3. The molecule has 2 N–H and O–H groups in total. The van der Waals surface area contributed by atoms with Crippen molar-refractivity contribution in [2.24, 2.45) is 5.10 Å². The number of aromatic nitrogens is 4. The van der Waals surface area contributed by atoms with E-state index < -0.39 is 0 Å². The number of halogens is 1. The van der Waals surface area contributed by atoms with Gasteiger partial charge in [-0.25, -0.2) is 5.43 Å². The molecule has 0 aliphatic carbocycles. The molecule has 0 radical (unpaired) electrons. The summed E-state index contributed by atoms with van der Waals surface area (Å²) in [5, 5.41) is 23.2. The van der Waals surface area contributed by atoms with Gasteiger partial charge in [-0.2, -0.15) is 5.10 Å². The maximum absolute atomic E-state index is 12.3. The second-order valence-electron chi connectivity index (χ2n) is 6.53. The highest BCUT2D eigenvalue weighted by Crippen LogP contribution is 2.28. The molecule has 1 amide bonds. The number of hydrogen-bond donors (Lipinski definition) is 2. The molecule has 0 spiro atoms. The lowest BCUT2D eigenvalue weighted by Gasteiger charge is -2.10. The predicted octanol–water partition coefficient (Wildman–Crippen LogP) is 3.93. The van der Waals surface area contributed by atoms with Crippen molar-refractivity contribution in [1.82, 2.24) is 25.2 Å². The van der Waals surface area contributed by atoms with Crippen LogP contribution in [0.25, 0.3) is 17.1 Å². The van der Waals surface area contributed by atoms with Crippen LogP contribution in [0.15, 0.2) is 83.3 Å². The quantitative estimate of drug-likeness (QED) is 0.244. The molecule has 2 heterocycles. The number of aromatic hydroxyl groups is 1. The summed E-state index contributed by atoms with van der Waals surface area (Å²) in [5.74, 6) is 0.531. The van der Waals surface area contributed by atoms with E-state index in [2.05, 4.69) is 25.7 Å². The second kappa shape index (κ2) is 10.1. The van der Waals surface area contributed by atoms with Crippen LogP contribution in [-0.4, -0.2) is 42.7 Å². The Labute approximate surface area is 193 Å². The Morgan fingerprint density at radius 3 is 2.66 bits per heavy atom. The highest BCUT2D eigenvalue weighted by Gasteiger charge is 2.17. The number of hydrazone groups is 1. The lowest BCUT2D eigenvalue weighted by Crippen LogP contribution is -2.20. The molecule has 32 heavy (non-hydrogen) atoms. The van der Waals surface area contributed by atoms with E-state index >= 15 is 0 Å². The summed E-state index contributed by atoms with van der Waals surface area (Å²) in [6, 6.07) is 17.5. The average molecular weight is 465 g/mol. The van der Waals surface area contributed by atoms with Gasteiger partial charge in [0.1, 0.15) is 5.75 Å². The topological polar surface area (TPSA) is 105 Å². The third kappa shape index (κ3) is 5.32. The number of benzene rings is 2. The Morgan fingerprint density at radius 1 is 1.12 bits per heavy atom. The van der Waals surface area contributed by atoms with E-state index in [9.17, 15) is 9.90 Å². The Kier molecular flexibility index (Phi) is 6.78. The third-order valence-electron chi connectivity index (χ3n) is 4.26. The largest absolute Gasteiger partial charge is 0.508 e. The highest BCUT2D eigenvalue weighted by atomic mass is 35.5. The Hall–Kier alpha value is -3.69. The number of nitrogens with one attached hydrogen (secondary N) is 1. The van der Waals surface area contributed by atoms with Crippen LogP contribution in [0, 0.1) is 0 Å². The van der Waals surface area contributed by atoms with Crippen LogP contribution < -0.4 is 5.43 Å². The van der Waals surface area contributed by atoms with Gasteiger partial charge in [0.05, 0.1) is 12.0 Å². The van der Waals surface area contributed by atoms with Crippen molar-refractivity contribution in [3.63, 3.8) is 0 Å². The summed E-state index contributed by atoms with van der Waals surface area (Å²) >= 11 is 7.27. The van der Waals surface area contributed by atoms with E-state index in [-0.39, 0.29) is 17.4 Å². The first-order chi connectivity index (χ1) is 15.6. The lowest BCUT2D eigenvalue weighted by molar-refractivity contribution is -0.118. The number of hydrogen-bond acceptors (Lipinski definition) is 7. The number of amides is 1. The van der Waals surface area contributed by atoms with Gasteiger partial charge in [-0.3, -0.25) is 14.3 Å². The Balaban J connectivity index is 1.50. The summed E-state index contributed by atoms with van der Waals surface area (Å²) < 4.78 is 1.86.